The van der Waals surface area contributed by atoms with Gasteiger partial charge in [-0.3, -0.25) is 0 Å². The summed E-state index contributed by atoms with van der Waals surface area (Å²) in [4.78, 5) is 0. The molecule has 0 spiro atoms. The number of rotatable bonds is 12. The number of fused-ring (bicyclic) bond motifs is 1. The van der Waals surface area contributed by atoms with Gasteiger partial charge in [0.05, 0.1) is 0 Å². The molecule has 0 bridgehead atoms. The standard InChI is InChI=1S/C29H50O.C3H8.C2H6/c1-21(2)12-9-13-22(3)14-10-15-23(4)16-11-18-29(8)19-17-27-25(6)20-24(5)26(7)28(27)30-29;1-3-2;1-2/h20-23H,9-19H2,1-8H3;3H2,1-2H3;1-2H3. The Kier molecular flexibility index (Phi) is 17.8. The fraction of sp³-hybridized carbons (Fsp3) is 0.824. The van der Waals surface area contributed by atoms with Gasteiger partial charge in [-0.15, -0.1) is 0 Å². The lowest BCUT2D eigenvalue weighted by Crippen LogP contribution is -2.37. The predicted octanol–water partition coefficient (Wildman–Crippen LogP) is 11.6. The lowest BCUT2D eigenvalue weighted by molar-refractivity contribution is 0.0513. The molecule has 0 amide bonds. The zero-order valence-electron chi connectivity index (χ0n) is 26.2. The van der Waals surface area contributed by atoms with E-state index in [0.29, 0.717) is 0 Å². The molecule has 0 fully saturated rings. The van der Waals surface area contributed by atoms with Gasteiger partial charge in [0.15, 0.2) is 0 Å². The smallest absolute Gasteiger partial charge is 0.126 e. The van der Waals surface area contributed by atoms with Crippen molar-refractivity contribution in [2.75, 3.05) is 0 Å². The maximum atomic E-state index is 6.66. The van der Waals surface area contributed by atoms with Gasteiger partial charge in [0, 0.05) is 0 Å². The normalized spacial score (nSPS) is 18.4. The Morgan fingerprint density at radius 1 is 0.800 bits per heavy atom. The molecule has 3 atom stereocenters. The molecule has 0 N–H and O–H groups in total. The minimum atomic E-state index is 0.0165. The fourth-order valence-electron chi connectivity index (χ4n) is 5.22. The number of hydrogen-bond donors (Lipinski definition) is 0. The van der Waals surface area contributed by atoms with Crippen molar-refractivity contribution < 1.29 is 4.74 Å². The molecule has 206 valence electrons. The first-order chi connectivity index (χ1) is 16.5. The van der Waals surface area contributed by atoms with Crippen LogP contribution < -0.4 is 4.74 Å². The lowest BCUT2D eigenvalue weighted by atomic mass is 9.84. The summed E-state index contributed by atoms with van der Waals surface area (Å²) in [6.07, 6.45) is 15.8. The lowest BCUT2D eigenvalue weighted by Gasteiger charge is -2.38. The molecule has 0 saturated carbocycles. The Morgan fingerprint density at radius 3 is 1.80 bits per heavy atom. The number of hydrogen-bond acceptors (Lipinski definition) is 1. The number of benzene rings is 1. The second-order valence-electron chi connectivity index (χ2n) is 12.1. The zero-order chi connectivity index (χ0) is 27.0. The largest absolute Gasteiger partial charge is 0.487 e. The first kappa shape index (κ1) is 34.0. The van der Waals surface area contributed by atoms with Crippen molar-refractivity contribution in [1.29, 1.82) is 0 Å². The van der Waals surface area contributed by atoms with Gasteiger partial charge in [0.25, 0.3) is 0 Å². The monoisotopic (exact) mass is 488 g/mol. The van der Waals surface area contributed by atoms with Crippen LogP contribution in [0.15, 0.2) is 6.07 Å². The maximum absolute atomic E-state index is 6.66. The van der Waals surface area contributed by atoms with Gasteiger partial charge < -0.3 is 4.74 Å². The Bertz CT molecular complexity index is 674. The van der Waals surface area contributed by atoms with Gasteiger partial charge in [-0.2, -0.15) is 0 Å². The van der Waals surface area contributed by atoms with Crippen LogP contribution in [0.3, 0.4) is 0 Å². The second-order valence-corrected chi connectivity index (χ2v) is 12.1. The van der Waals surface area contributed by atoms with Crippen LogP contribution in [0.5, 0.6) is 5.75 Å². The molecule has 3 unspecified atom stereocenters. The SMILES string of the molecule is CC.CCC.Cc1cc(C)c2c(c1C)OC(C)(CCCC(C)CCCC(C)CCCC(C)C)CC2. The van der Waals surface area contributed by atoms with Crippen LogP contribution in [0.4, 0.5) is 0 Å². The third-order valence-corrected chi connectivity index (χ3v) is 7.64. The molecule has 1 nitrogen and oxygen atoms in total. The fourth-order valence-corrected chi connectivity index (χ4v) is 5.22. The van der Waals surface area contributed by atoms with Crippen molar-refractivity contribution in [1.82, 2.24) is 0 Å². The first-order valence-corrected chi connectivity index (χ1v) is 15.3. The third kappa shape index (κ3) is 13.2. The number of aryl methyl sites for hydroxylation is 2. The summed E-state index contributed by atoms with van der Waals surface area (Å²) < 4.78 is 6.66. The highest BCUT2D eigenvalue weighted by Gasteiger charge is 2.33. The minimum Gasteiger partial charge on any atom is -0.487 e. The van der Waals surface area contributed by atoms with Gasteiger partial charge in [-0.25, -0.2) is 0 Å². The first-order valence-electron chi connectivity index (χ1n) is 15.3. The van der Waals surface area contributed by atoms with Gasteiger partial charge in [-0.1, -0.05) is 113 Å². The van der Waals surface area contributed by atoms with Crippen LogP contribution in [0.2, 0.25) is 0 Å². The Balaban J connectivity index is 0.00000214. The molecular weight excluding hydrogens is 424 g/mol. The molecule has 0 aliphatic carbocycles. The number of ether oxygens (including phenoxy) is 1. The van der Waals surface area contributed by atoms with Crippen LogP contribution in [-0.4, -0.2) is 5.60 Å². The molecule has 0 saturated heterocycles. The summed E-state index contributed by atoms with van der Waals surface area (Å²) in [5, 5.41) is 0. The quantitative estimate of drug-likeness (QED) is 0.284. The summed E-state index contributed by atoms with van der Waals surface area (Å²) in [6, 6.07) is 2.33. The highest BCUT2D eigenvalue weighted by Crippen LogP contribution is 2.41. The Hall–Kier alpha value is -0.980. The van der Waals surface area contributed by atoms with Crippen LogP contribution in [0, 0.1) is 38.5 Å². The van der Waals surface area contributed by atoms with E-state index in [9.17, 15) is 0 Å². The Morgan fingerprint density at radius 2 is 1.29 bits per heavy atom. The molecule has 1 aliphatic heterocycles. The molecule has 1 aromatic rings. The summed E-state index contributed by atoms with van der Waals surface area (Å²) in [5.74, 6) is 3.80. The topological polar surface area (TPSA) is 9.23 Å². The van der Waals surface area contributed by atoms with Crippen molar-refractivity contribution in [3.63, 3.8) is 0 Å². The summed E-state index contributed by atoms with van der Waals surface area (Å²) >= 11 is 0. The summed E-state index contributed by atoms with van der Waals surface area (Å²) in [5.41, 5.74) is 5.58. The maximum Gasteiger partial charge on any atom is 0.126 e. The molecule has 0 aromatic heterocycles. The predicted molar refractivity (Wildman–Crippen MR) is 160 cm³/mol. The van der Waals surface area contributed by atoms with Crippen molar-refractivity contribution in [3.05, 3.63) is 28.3 Å². The van der Waals surface area contributed by atoms with E-state index in [0.717, 1.165) is 24.2 Å². The van der Waals surface area contributed by atoms with Crippen LogP contribution in [-0.2, 0) is 6.42 Å². The third-order valence-electron chi connectivity index (χ3n) is 7.64. The van der Waals surface area contributed by atoms with E-state index in [1.54, 1.807) is 0 Å². The van der Waals surface area contributed by atoms with Gasteiger partial charge in [-0.05, 0) is 93.4 Å². The average Bonchev–Trinajstić information content (AvgIpc) is 2.79. The van der Waals surface area contributed by atoms with Gasteiger partial charge in [0.1, 0.15) is 11.4 Å². The Labute approximate surface area is 222 Å². The van der Waals surface area contributed by atoms with Crippen molar-refractivity contribution in [2.45, 2.75) is 166 Å². The van der Waals surface area contributed by atoms with Crippen LogP contribution in [0.25, 0.3) is 0 Å². The molecule has 2 rings (SSSR count). The zero-order valence-corrected chi connectivity index (χ0v) is 26.2. The van der Waals surface area contributed by atoms with Crippen LogP contribution >= 0.6 is 0 Å². The highest BCUT2D eigenvalue weighted by atomic mass is 16.5. The van der Waals surface area contributed by atoms with Crippen molar-refractivity contribution >= 4 is 0 Å². The van der Waals surface area contributed by atoms with Gasteiger partial charge >= 0.3 is 0 Å². The molecule has 1 heterocycles. The molecule has 0 radical (unpaired) electrons. The summed E-state index contributed by atoms with van der Waals surface area (Å²) in [7, 11) is 0. The minimum absolute atomic E-state index is 0.0165. The molecule has 1 aliphatic rings. The van der Waals surface area contributed by atoms with E-state index < -0.39 is 0 Å². The second kappa shape index (κ2) is 18.3. The molecular formula is C34H64O. The van der Waals surface area contributed by atoms with E-state index >= 15 is 0 Å². The summed E-state index contributed by atoms with van der Waals surface area (Å²) in [6.45, 7) is 26.9. The van der Waals surface area contributed by atoms with E-state index in [4.69, 9.17) is 4.74 Å². The van der Waals surface area contributed by atoms with E-state index in [-0.39, 0.29) is 5.60 Å². The van der Waals surface area contributed by atoms with Crippen LogP contribution in [0.1, 0.15) is 155 Å². The van der Waals surface area contributed by atoms with Crippen molar-refractivity contribution in [2.24, 2.45) is 17.8 Å². The van der Waals surface area contributed by atoms with Crippen molar-refractivity contribution in [3.8, 4) is 5.75 Å². The average molecular weight is 489 g/mol. The van der Waals surface area contributed by atoms with E-state index in [2.05, 4.69) is 75.3 Å². The molecule has 1 heteroatoms. The van der Waals surface area contributed by atoms with Gasteiger partial charge in [0.2, 0.25) is 0 Å². The van der Waals surface area contributed by atoms with E-state index in [1.165, 1.54) is 98.6 Å². The molecule has 1 aromatic carbocycles. The van der Waals surface area contributed by atoms with E-state index in [1.807, 2.05) is 13.8 Å². The molecule has 35 heavy (non-hydrogen) atoms. The highest BCUT2D eigenvalue weighted by molar-refractivity contribution is 5.51.